The Morgan fingerprint density at radius 3 is 2.29 bits per heavy atom. The molecule has 8 heteroatoms. The molecule has 0 aromatic heterocycles. The predicted molar refractivity (Wildman–Crippen MR) is 74.6 cm³/mol. The van der Waals surface area contributed by atoms with Crippen LogP contribution >= 0.6 is 11.6 Å². The molecule has 0 heterocycles. The van der Waals surface area contributed by atoms with Gasteiger partial charge in [0.2, 0.25) is 0 Å². The summed E-state index contributed by atoms with van der Waals surface area (Å²) in [6, 6.07) is 8.90. The molecule has 7 nitrogen and oxygen atoms in total. The molecule has 0 fully saturated rings. The van der Waals surface area contributed by atoms with Crippen molar-refractivity contribution < 1.29 is 14.6 Å². The molecule has 21 heavy (non-hydrogen) atoms. The van der Waals surface area contributed by atoms with Gasteiger partial charge in [0.15, 0.2) is 5.78 Å². The molecule has 0 radical (unpaired) electrons. The van der Waals surface area contributed by atoms with Crippen LogP contribution in [0.3, 0.4) is 0 Å². The van der Waals surface area contributed by atoms with Gasteiger partial charge in [-0.1, -0.05) is 29.8 Å². The zero-order chi connectivity index (χ0) is 15.6. The number of ketones is 1. The number of nitro groups is 2. The lowest BCUT2D eigenvalue weighted by Crippen LogP contribution is -2.04. The molecule has 0 saturated carbocycles. The van der Waals surface area contributed by atoms with Crippen molar-refractivity contribution in [3.8, 4) is 0 Å². The van der Waals surface area contributed by atoms with E-state index in [0.29, 0.717) is 0 Å². The van der Waals surface area contributed by atoms with Crippen LogP contribution in [0.5, 0.6) is 0 Å². The molecule has 0 spiro atoms. The summed E-state index contributed by atoms with van der Waals surface area (Å²) >= 11 is 5.85. The lowest BCUT2D eigenvalue weighted by molar-refractivity contribution is -0.384. The quantitative estimate of drug-likeness (QED) is 0.489. The fraction of sp³-hybridized carbons (Fsp3) is 0. The number of nitro benzene ring substituents is 2. The van der Waals surface area contributed by atoms with Crippen LogP contribution in [-0.4, -0.2) is 15.6 Å². The molecule has 2 aromatic rings. The Morgan fingerprint density at radius 2 is 1.67 bits per heavy atom. The average molecular weight is 307 g/mol. The van der Waals surface area contributed by atoms with Crippen molar-refractivity contribution in [1.29, 1.82) is 0 Å². The minimum absolute atomic E-state index is 0.0339. The largest absolute Gasteiger partial charge is 0.289 e. The Kier molecular flexibility index (Phi) is 3.95. The number of hydrogen-bond donors (Lipinski definition) is 0. The van der Waals surface area contributed by atoms with Gasteiger partial charge in [-0.15, -0.1) is 0 Å². The highest BCUT2D eigenvalue weighted by Gasteiger charge is 2.21. The van der Waals surface area contributed by atoms with Crippen LogP contribution in [0, 0.1) is 20.2 Å². The summed E-state index contributed by atoms with van der Waals surface area (Å²) in [6.45, 7) is 0. The lowest BCUT2D eigenvalue weighted by atomic mass is 10.0. The molecule has 0 aliphatic carbocycles. The Morgan fingerprint density at radius 1 is 1.00 bits per heavy atom. The maximum absolute atomic E-state index is 12.3. The highest BCUT2D eigenvalue weighted by Crippen LogP contribution is 2.29. The van der Waals surface area contributed by atoms with Crippen LogP contribution in [0.2, 0.25) is 5.02 Å². The Labute approximate surface area is 123 Å². The smallest absolute Gasteiger partial charge is 0.288 e. The van der Waals surface area contributed by atoms with Gasteiger partial charge in [-0.05, 0) is 6.07 Å². The Balaban J connectivity index is 2.50. The van der Waals surface area contributed by atoms with E-state index < -0.39 is 21.3 Å². The van der Waals surface area contributed by atoms with Crippen LogP contribution in [0.15, 0.2) is 42.5 Å². The maximum atomic E-state index is 12.3. The number of nitrogens with zero attached hydrogens (tertiary/aromatic N) is 2. The van der Waals surface area contributed by atoms with Gasteiger partial charge in [0.25, 0.3) is 11.4 Å². The van der Waals surface area contributed by atoms with E-state index in [4.69, 9.17) is 11.6 Å². The van der Waals surface area contributed by atoms with Crippen molar-refractivity contribution in [3.63, 3.8) is 0 Å². The molecule has 0 N–H and O–H groups in total. The van der Waals surface area contributed by atoms with E-state index in [9.17, 15) is 25.0 Å². The van der Waals surface area contributed by atoms with E-state index in [1.54, 1.807) is 0 Å². The molecular formula is C13H7ClN2O5. The van der Waals surface area contributed by atoms with E-state index in [0.717, 1.165) is 6.07 Å². The molecule has 0 bridgehead atoms. The van der Waals surface area contributed by atoms with Crippen molar-refractivity contribution in [2.75, 3.05) is 0 Å². The average Bonchev–Trinajstić information content (AvgIpc) is 2.46. The highest BCUT2D eigenvalue weighted by atomic mass is 35.5. The van der Waals surface area contributed by atoms with Gasteiger partial charge in [0, 0.05) is 29.3 Å². The van der Waals surface area contributed by atoms with Gasteiger partial charge in [0.05, 0.1) is 9.85 Å². The first-order chi connectivity index (χ1) is 9.91. The molecule has 0 amide bonds. The fourth-order valence-corrected chi connectivity index (χ4v) is 2.03. The zero-order valence-corrected chi connectivity index (χ0v) is 11.1. The Hall–Kier alpha value is -2.80. The van der Waals surface area contributed by atoms with Crippen LogP contribution in [0.25, 0.3) is 0 Å². The topological polar surface area (TPSA) is 103 Å². The summed E-state index contributed by atoms with van der Waals surface area (Å²) < 4.78 is 0. The number of carbonyl (C=O) groups is 1. The predicted octanol–water partition coefficient (Wildman–Crippen LogP) is 3.39. The minimum Gasteiger partial charge on any atom is -0.289 e. The van der Waals surface area contributed by atoms with Gasteiger partial charge in [-0.25, -0.2) is 0 Å². The summed E-state index contributed by atoms with van der Waals surface area (Å²) in [5.41, 5.74) is -0.687. The molecule has 2 rings (SSSR count). The Bertz CT molecular complexity index is 760. The number of hydrogen-bond acceptors (Lipinski definition) is 5. The van der Waals surface area contributed by atoms with Crippen molar-refractivity contribution in [1.82, 2.24) is 0 Å². The third kappa shape index (κ3) is 2.87. The van der Waals surface area contributed by atoms with Crippen molar-refractivity contribution >= 4 is 28.8 Å². The van der Waals surface area contributed by atoms with E-state index >= 15 is 0 Å². The number of non-ortho nitro benzene ring substituents is 1. The first-order valence-electron chi connectivity index (χ1n) is 5.64. The van der Waals surface area contributed by atoms with Gasteiger partial charge < -0.3 is 0 Å². The molecule has 0 atom stereocenters. The third-order valence-electron chi connectivity index (χ3n) is 2.74. The van der Waals surface area contributed by atoms with Crippen molar-refractivity contribution in [2.45, 2.75) is 0 Å². The highest BCUT2D eigenvalue weighted by molar-refractivity contribution is 6.36. The summed E-state index contributed by atoms with van der Waals surface area (Å²) in [7, 11) is 0. The molecule has 106 valence electrons. The van der Waals surface area contributed by atoms with Crippen LogP contribution in [0.4, 0.5) is 11.4 Å². The fourth-order valence-electron chi connectivity index (χ4n) is 1.75. The second-order valence-electron chi connectivity index (χ2n) is 4.03. The number of rotatable bonds is 4. The maximum Gasteiger partial charge on any atom is 0.288 e. The number of carbonyl (C=O) groups excluding carboxylic acids is 1. The summed E-state index contributed by atoms with van der Waals surface area (Å²) in [4.78, 5) is 32.5. The molecule has 0 saturated heterocycles. The standard InChI is InChI=1S/C13H7ClN2O5/c14-12-10(5-2-6-11(12)16(20)21)13(17)8-3-1-4-9(7-8)15(18)19/h1-7H. The molecular weight excluding hydrogens is 300 g/mol. The van der Waals surface area contributed by atoms with Crippen LogP contribution < -0.4 is 0 Å². The zero-order valence-electron chi connectivity index (χ0n) is 10.4. The monoisotopic (exact) mass is 306 g/mol. The number of benzene rings is 2. The first-order valence-corrected chi connectivity index (χ1v) is 6.01. The van der Waals surface area contributed by atoms with Crippen molar-refractivity contribution in [3.05, 3.63) is 78.8 Å². The van der Waals surface area contributed by atoms with E-state index in [1.807, 2.05) is 0 Å². The molecule has 0 aliphatic rings. The summed E-state index contributed by atoms with van der Waals surface area (Å²) in [6.07, 6.45) is 0. The van der Waals surface area contributed by atoms with Crippen LogP contribution in [0.1, 0.15) is 15.9 Å². The number of halogens is 1. The van der Waals surface area contributed by atoms with E-state index in [1.165, 1.54) is 36.4 Å². The SMILES string of the molecule is O=C(c1cccc([N+](=O)[O-])c1)c1cccc([N+](=O)[O-])c1Cl. The second kappa shape index (κ2) is 5.68. The lowest BCUT2D eigenvalue weighted by Gasteiger charge is -2.04. The van der Waals surface area contributed by atoms with Crippen LogP contribution in [-0.2, 0) is 0 Å². The van der Waals surface area contributed by atoms with Gasteiger partial charge >= 0.3 is 0 Å². The van der Waals surface area contributed by atoms with Gasteiger partial charge in [-0.2, -0.15) is 0 Å². The third-order valence-corrected chi connectivity index (χ3v) is 3.14. The van der Waals surface area contributed by atoms with E-state index in [2.05, 4.69) is 0 Å². The normalized spacial score (nSPS) is 10.1. The summed E-state index contributed by atoms with van der Waals surface area (Å²) in [5.74, 6) is -0.618. The summed E-state index contributed by atoms with van der Waals surface area (Å²) in [5, 5.41) is 21.2. The van der Waals surface area contributed by atoms with Gasteiger partial charge in [-0.3, -0.25) is 25.0 Å². The minimum atomic E-state index is -0.702. The van der Waals surface area contributed by atoms with E-state index in [-0.39, 0.29) is 21.8 Å². The molecule has 0 unspecified atom stereocenters. The first kappa shape index (κ1) is 14.6. The van der Waals surface area contributed by atoms with Crippen molar-refractivity contribution in [2.24, 2.45) is 0 Å². The van der Waals surface area contributed by atoms with Gasteiger partial charge in [0.1, 0.15) is 5.02 Å². The molecule has 2 aromatic carbocycles. The second-order valence-corrected chi connectivity index (χ2v) is 4.41. The molecule has 0 aliphatic heterocycles.